The molecule has 0 N–H and O–H groups in total. The molecule has 7 aromatic rings. The van der Waals surface area contributed by atoms with E-state index in [-0.39, 0.29) is 0 Å². The molecule has 0 bridgehead atoms. The molecule has 0 fully saturated rings. The Labute approximate surface area is 226 Å². The van der Waals surface area contributed by atoms with Crippen LogP contribution in [0.5, 0.6) is 0 Å². The molecule has 4 aromatic heterocycles. The Morgan fingerprint density at radius 1 is 0.564 bits per heavy atom. The van der Waals surface area contributed by atoms with Crippen LogP contribution >= 0.6 is 0 Å². The van der Waals surface area contributed by atoms with Gasteiger partial charge < -0.3 is 0 Å². The average molecular weight is 501 g/mol. The molecule has 0 spiro atoms. The van der Waals surface area contributed by atoms with Crippen molar-refractivity contribution in [3.63, 3.8) is 0 Å². The Morgan fingerprint density at radius 2 is 1.21 bits per heavy atom. The molecule has 0 aliphatic carbocycles. The maximum atomic E-state index is 5.04. The zero-order valence-corrected chi connectivity index (χ0v) is 21.5. The van der Waals surface area contributed by atoms with E-state index in [2.05, 4.69) is 102 Å². The van der Waals surface area contributed by atoms with Gasteiger partial charge in [-0.1, -0.05) is 73.3 Å². The maximum Gasteiger partial charge on any atom is 0.0972 e. The molecular weight excluding hydrogens is 476 g/mol. The van der Waals surface area contributed by atoms with Crippen LogP contribution in [-0.4, -0.2) is 19.9 Å². The van der Waals surface area contributed by atoms with Crippen molar-refractivity contribution in [3.8, 4) is 33.9 Å². The zero-order valence-electron chi connectivity index (χ0n) is 21.5. The number of aryl methyl sites for hydroxylation is 1. The molecule has 0 unspecified atom stereocenters. The van der Waals surface area contributed by atoms with Crippen molar-refractivity contribution in [2.45, 2.75) is 6.92 Å². The van der Waals surface area contributed by atoms with Crippen LogP contribution < -0.4 is 0 Å². The van der Waals surface area contributed by atoms with Gasteiger partial charge in [-0.15, -0.1) is 0 Å². The van der Waals surface area contributed by atoms with Crippen molar-refractivity contribution in [2.24, 2.45) is 0 Å². The molecule has 39 heavy (non-hydrogen) atoms. The summed E-state index contributed by atoms with van der Waals surface area (Å²) in [6.07, 6.45) is 5.45. The molecule has 0 amide bonds. The first-order valence-corrected chi connectivity index (χ1v) is 12.9. The summed E-state index contributed by atoms with van der Waals surface area (Å²) < 4.78 is 0. The number of hydrogen-bond donors (Lipinski definition) is 0. The van der Waals surface area contributed by atoms with E-state index in [4.69, 9.17) is 9.97 Å². The third-order valence-electron chi connectivity index (χ3n) is 7.24. The van der Waals surface area contributed by atoms with E-state index >= 15 is 0 Å². The van der Waals surface area contributed by atoms with Crippen molar-refractivity contribution >= 4 is 38.7 Å². The second kappa shape index (κ2) is 9.26. The van der Waals surface area contributed by atoms with E-state index in [0.29, 0.717) is 0 Å². The van der Waals surface area contributed by atoms with Crippen molar-refractivity contribution in [2.75, 3.05) is 0 Å². The Kier molecular flexibility index (Phi) is 5.45. The Balaban J connectivity index is 1.33. The fraction of sp³-hybridized carbons (Fsp3) is 0.0286. The molecule has 0 saturated heterocycles. The normalized spacial score (nSPS) is 11.3. The van der Waals surface area contributed by atoms with Crippen molar-refractivity contribution in [1.82, 2.24) is 19.9 Å². The standard InChI is InChI=1S/C35H24N4/c1-3-23-6-4-18-36-33(23)32-22(2)8-16-30(38-32)27-13-9-24-10-14-28(21-29(24)20-27)31-17-15-26-12-11-25-7-5-19-37-34(25)35(26)39-31/h3-21H,1H2,2H3. The number of aromatic nitrogens is 4. The number of nitrogens with zero attached hydrogens (tertiary/aromatic N) is 4. The van der Waals surface area contributed by atoms with Crippen molar-refractivity contribution in [1.29, 1.82) is 0 Å². The first-order valence-electron chi connectivity index (χ1n) is 12.9. The minimum Gasteiger partial charge on any atom is -0.254 e. The molecule has 0 atom stereocenters. The molecule has 4 nitrogen and oxygen atoms in total. The smallest absolute Gasteiger partial charge is 0.0972 e. The summed E-state index contributed by atoms with van der Waals surface area (Å²) in [7, 11) is 0. The van der Waals surface area contributed by atoms with E-state index in [1.165, 1.54) is 5.39 Å². The molecule has 184 valence electrons. The van der Waals surface area contributed by atoms with Crippen molar-refractivity contribution in [3.05, 3.63) is 127 Å². The quantitative estimate of drug-likeness (QED) is 0.227. The summed E-state index contributed by atoms with van der Waals surface area (Å²) in [4.78, 5) is 19.3. The minimum absolute atomic E-state index is 0.847. The Hall–Kier alpha value is -5.22. The predicted octanol–water partition coefficient (Wildman–Crippen LogP) is 8.68. The summed E-state index contributed by atoms with van der Waals surface area (Å²) in [6, 6.07) is 33.5. The van der Waals surface area contributed by atoms with Gasteiger partial charge in [0, 0.05) is 39.9 Å². The molecule has 3 aromatic carbocycles. The second-order valence-corrected chi connectivity index (χ2v) is 9.69. The number of benzene rings is 3. The molecule has 4 heterocycles. The molecule has 4 heteroatoms. The van der Waals surface area contributed by atoms with Gasteiger partial charge in [-0.2, -0.15) is 0 Å². The fourth-order valence-corrected chi connectivity index (χ4v) is 5.16. The molecular formula is C35H24N4. The molecule has 7 rings (SSSR count). The van der Waals surface area contributed by atoms with Gasteiger partial charge in [-0.25, -0.2) is 9.97 Å². The fourth-order valence-electron chi connectivity index (χ4n) is 5.16. The summed E-state index contributed by atoms with van der Waals surface area (Å²) >= 11 is 0. The van der Waals surface area contributed by atoms with Gasteiger partial charge in [-0.3, -0.25) is 9.97 Å². The first kappa shape index (κ1) is 22.9. The van der Waals surface area contributed by atoms with Crippen LogP contribution in [0, 0.1) is 6.92 Å². The highest BCUT2D eigenvalue weighted by atomic mass is 14.8. The van der Waals surface area contributed by atoms with Gasteiger partial charge in [0.15, 0.2) is 0 Å². The summed E-state index contributed by atoms with van der Waals surface area (Å²) in [5, 5.41) is 4.48. The van der Waals surface area contributed by atoms with Gasteiger partial charge >= 0.3 is 0 Å². The van der Waals surface area contributed by atoms with E-state index in [1.54, 1.807) is 6.20 Å². The van der Waals surface area contributed by atoms with Crippen molar-refractivity contribution < 1.29 is 0 Å². The highest BCUT2D eigenvalue weighted by Gasteiger charge is 2.12. The highest BCUT2D eigenvalue weighted by molar-refractivity contribution is 6.03. The van der Waals surface area contributed by atoms with Crippen LogP contribution in [0.4, 0.5) is 0 Å². The molecule has 0 aliphatic rings. The Morgan fingerprint density at radius 3 is 2.00 bits per heavy atom. The minimum atomic E-state index is 0.847. The van der Waals surface area contributed by atoms with Crippen LogP contribution in [0.2, 0.25) is 0 Å². The predicted molar refractivity (Wildman–Crippen MR) is 161 cm³/mol. The maximum absolute atomic E-state index is 5.04. The van der Waals surface area contributed by atoms with Crippen LogP contribution in [0.3, 0.4) is 0 Å². The summed E-state index contributed by atoms with van der Waals surface area (Å²) in [6.45, 7) is 6.02. The Bertz CT molecular complexity index is 2060. The highest BCUT2D eigenvalue weighted by Crippen LogP contribution is 2.32. The zero-order chi connectivity index (χ0) is 26.3. The van der Waals surface area contributed by atoms with Crippen LogP contribution in [0.25, 0.3) is 72.6 Å². The number of hydrogen-bond acceptors (Lipinski definition) is 4. The lowest BCUT2D eigenvalue weighted by atomic mass is 9.99. The van der Waals surface area contributed by atoms with Crippen LogP contribution in [-0.2, 0) is 0 Å². The van der Waals surface area contributed by atoms with Gasteiger partial charge in [0.1, 0.15) is 0 Å². The molecule has 0 aliphatic heterocycles. The molecule has 0 radical (unpaired) electrons. The van der Waals surface area contributed by atoms with Gasteiger partial charge in [-0.05, 0) is 59.7 Å². The monoisotopic (exact) mass is 500 g/mol. The third-order valence-corrected chi connectivity index (χ3v) is 7.24. The van der Waals surface area contributed by atoms with Gasteiger partial charge in [0.25, 0.3) is 0 Å². The lowest BCUT2D eigenvalue weighted by Crippen LogP contribution is -1.96. The lowest BCUT2D eigenvalue weighted by Gasteiger charge is -2.11. The summed E-state index contributed by atoms with van der Waals surface area (Å²) in [5.41, 5.74) is 9.57. The van der Waals surface area contributed by atoms with E-state index in [9.17, 15) is 0 Å². The number of rotatable bonds is 4. The lowest BCUT2D eigenvalue weighted by molar-refractivity contribution is 1.21. The SMILES string of the molecule is C=Cc1cccnc1-c1nc(-c2ccc3ccc(-c4ccc5ccc6cccnc6c5n4)cc3c2)ccc1C. The van der Waals surface area contributed by atoms with Gasteiger partial charge in [0.05, 0.1) is 33.8 Å². The third kappa shape index (κ3) is 4.03. The van der Waals surface area contributed by atoms with Crippen LogP contribution in [0.15, 0.2) is 116 Å². The summed E-state index contributed by atoms with van der Waals surface area (Å²) in [5.74, 6) is 0. The van der Waals surface area contributed by atoms with Crippen LogP contribution in [0.1, 0.15) is 11.1 Å². The van der Waals surface area contributed by atoms with E-state index < -0.39 is 0 Å². The first-order chi connectivity index (χ1) is 19.2. The number of pyridine rings is 4. The second-order valence-electron chi connectivity index (χ2n) is 9.69. The molecule has 0 saturated carbocycles. The van der Waals surface area contributed by atoms with E-state index in [0.717, 1.165) is 72.2 Å². The average Bonchev–Trinajstić information content (AvgIpc) is 3.00. The topological polar surface area (TPSA) is 51.6 Å². The largest absolute Gasteiger partial charge is 0.254 e. The van der Waals surface area contributed by atoms with E-state index in [1.807, 2.05) is 30.5 Å². The van der Waals surface area contributed by atoms with Gasteiger partial charge in [0.2, 0.25) is 0 Å². The number of fused-ring (bicyclic) bond motifs is 4.